The Balaban J connectivity index is 2.14. The average Bonchev–Trinajstić information content (AvgIpc) is 2.49. The van der Waals surface area contributed by atoms with Crippen molar-refractivity contribution >= 4 is 0 Å². The number of fused-ring (bicyclic) bond motifs is 1. The quantitative estimate of drug-likeness (QED) is 0.478. The zero-order valence-electron chi connectivity index (χ0n) is 8.34. The molecule has 0 aliphatic heterocycles. The van der Waals surface area contributed by atoms with Gasteiger partial charge in [-0.05, 0) is 43.9 Å². The standard InChI is InChI=1S/C12H20/c1-3-10-7-8-11-9(2)5-4-6-12(10)11/h3,9,11-12H,4-8H2,1-2H3/b10-3-. The Kier molecular flexibility index (Phi) is 2.25. The molecule has 0 amide bonds. The van der Waals surface area contributed by atoms with Gasteiger partial charge in [-0.3, -0.25) is 0 Å². The highest BCUT2D eigenvalue weighted by Gasteiger charge is 2.36. The van der Waals surface area contributed by atoms with Crippen molar-refractivity contribution in [3.8, 4) is 0 Å². The molecule has 0 nitrogen and oxygen atoms in total. The van der Waals surface area contributed by atoms with Gasteiger partial charge in [0.05, 0.1) is 0 Å². The molecule has 2 aliphatic carbocycles. The SMILES string of the molecule is C/C=C1/CCC2C(C)CCCC12. The number of allylic oxidation sites excluding steroid dienone is 2. The van der Waals surface area contributed by atoms with E-state index in [9.17, 15) is 0 Å². The van der Waals surface area contributed by atoms with Crippen LogP contribution in [0.1, 0.15) is 46.0 Å². The Morgan fingerprint density at radius 1 is 1.25 bits per heavy atom. The van der Waals surface area contributed by atoms with Crippen molar-refractivity contribution in [3.05, 3.63) is 11.6 Å². The van der Waals surface area contributed by atoms with Crippen LogP contribution in [0.25, 0.3) is 0 Å². The maximum atomic E-state index is 2.45. The van der Waals surface area contributed by atoms with Crippen LogP contribution in [0.15, 0.2) is 11.6 Å². The van der Waals surface area contributed by atoms with Crippen molar-refractivity contribution in [1.82, 2.24) is 0 Å². The first-order valence-electron chi connectivity index (χ1n) is 5.48. The van der Waals surface area contributed by atoms with Crippen molar-refractivity contribution in [2.75, 3.05) is 0 Å². The Morgan fingerprint density at radius 2 is 2.08 bits per heavy atom. The highest BCUT2D eigenvalue weighted by molar-refractivity contribution is 5.14. The van der Waals surface area contributed by atoms with Gasteiger partial charge in [-0.2, -0.15) is 0 Å². The molecule has 0 heteroatoms. The molecule has 12 heavy (non-hydrogen) atoms. The van der Waals surface area contributed by atoms with Crippen molar-refractivity contribution in [2.45, 2.75) is 46.0 Å². The van der Waals surface area contributed by atoms with E-state index in [0.717, 1.165) is 17.8 Å². The van der Waals surface area contributed by atoms with Crippen LogP contribution in [0, 0.1) is 17.8 Å². The second kappa shape index (κ2) is 3.24. The molecular formula is C12H20. The summed E-state index contributed by atoms with van der Waals surface area (Å²) in [6.07, 6.45) is 9.69. The van der Waals surface area contributed by atoms with Crippen molar-refractivity contribution in [3.63, 3.8) is 0 Å². The maximum Gasteiger partial charge on any atom is -0.0172 e. The van der Waals surface area contributed by atoms with Crippen LogP contribution in [-0.4, -0.2) is 0 Å². The van der Waals surface area contributed by atoms with Gasteiger partial charge in [-0.15, -0.1) is 0 Å². The molecule has 68 valence electrons. The van der Waals surface area contributed by atoms with Gasteiger partial charge in [0.1, 0.15) is 0 Å². The van der Waals surface area contributed by atoms with E-state index >= 15 is 0 Å². The van der Waals surface area contributed by atoms with E-state index in [2.05, 4.69) is 19.9 Å². The van der Waals surface area contributed by atoms with Crippen LogP contribution < -0.4 is 0 Å². The molecule has 2 aliphatic rings. The summed E-state index contributed by atoms with van der Waals surface area (Å²) in [4.78, 5) is 0. The second-order valence-corrected chi connectivity index (χ2v) is 4.58. The first-order chi connectivity index (χ1) is 5.83. The van der Waals surface area contributed by atoms with E-state index in [-0.39, 0.29) is 0 Å². The molecule has 0 heterocycles. The Hall–Kier alpha value is -0.260. The fourth-order valence-electron chi connectivity index (χ4n) is 3.31. The molecule has 2 fully saturated rings. The molecule has 0 aromatic rings. The van der Waals surface area contributed by atoms with E-state index in [1.807, 2.05) is 0 Å². The monoisotopic (exact) mass is 164 g/mol. The lowest BCUT2D eigenvalue weighted by Gasteiger charge is -2.31. The molecule has 2 rings (SSSR count). The van der Waals surface area contributed by atoms with Crippen LogP contribution in [0.4, 0.5) is 0 Å². The van der Waals surface area contributed by atoms with E-state index < -0.39 is 0 Å². The molecule has 0 aromatic carbocycles. The summed E-state index contributed by atoms with van der Waals surface area (Å²) in [5.74, 6) is 3.03. The Morgan fingerprint density at radius 3 is 2.83 bits per heavy atom. The summed E-state index contributed by atoms with van der Waals surface area (Å²) in [5.41, 5.74) is 1.77. The fraction of sp³-hybridized carbons (Fsp3) is 0.833. The van der Waals surface area contributed by atoms with Crippen LogP contribution in [0.5, 0.6) is 0 Å². The second-order valence-electron chi connectivity index (χ2n) is 4.58. The lowest BCUT2D eigenvalue weighted by Crippen LogP contribution is -2.22. The molecule has 3 atom stereocenters. The van der Waals surface area contributed by atoms with E-state index in [1.165, 1.54) is 32.1 Å². The molecule has 0 N–H and O–H groups in total. The molecule has 0 bridgehead atoms. The minimum Gasteiger partial charge on any atom is -0.0882 e. The summed E-state index contributed by atoms with van der Waals surface area (Å²) in [6.45, 7) is 4.67. The van der Waals surface area contributed by atoms with Gasteiger partial charge in [-0.1, -0.05) is 31.4 Å². The third-order valence-corrected chi connectivity index (χ3v) is 4.04. The Bertz CT molecular complexity index is 190. The minimum absolute atomic E-state index is 0.985. The smallest absolute Gasteiger partial charge is 0.0172 e. The van der Waals surface area contributed by atoms with Gasteiger partial charge in [0.15, 0.2) is 0 Å². The number of hydrogen-bond donors (Lipinski definition) is 0. The first-order valence-corrected chi connectivity index (χ1v) is 5.48. The van der Waals surface area contributed by atoms with Gasteiger partial charge < -0.3 is 0 Å². The van der Waals surface area contributed by atoms with Crippen molar-refractivity contribution in [1.29, 1.82) is 0 Å². The third kappa shape index (κ3) is 1.22. The molecule has 0 saturated heterocycles. The topological polar surface area (TPSA) is 0 Å². The highest BCUT2D eigenvalue weighted by atomic mass is 14.4. The summed E-state index contributed by atoms with van der Waals surface area (Å²) < 4.78 is 0. The summed E-state index contributed by atoms with van der Waals surface area (Å²) in [6, 6.07) is 0. The largest absolute Gasteiger partial charge is 0.0882 e. The number of rotatable bonds is 0. The zero-order chi connectivity index (χ0) is 8.55. The van der Waals surface area contributed by atoms with E-state index in [4.69, 9.17) is 0 Å². The summed E-state index contributed by atoms with van der Waals surface area (Å²) >= 11 is 0. The van der Waals surface area contributed by atoms with E-state index in [1.54, 1.807) is 5.57 Å². The van der Waals surface area contributed by atoms with Crippen LogP contribution in [0.3, 0.4) is 0 Å². The van der Waals surface area contributed by atoms with Crippen LogP contribution in [-0.2, 0) is 0 Å². The fourth-order valence-corrected chi connectivity index (χ4v) is 3.31. The number of hydrogen-bond acceptors (Lipinski definition) is 0. The van der Waals surface area contributed by atoms with Crippen molar-refractivity contribution < 1.29 is 0 Å². The van der Waals surface area contributed by atoms with E-state index in [0.29, 0.717) is 0 Å². The van der Waals surface area contributed by atoms with Gasteiger partial charge >= 0.3 is 0 Å². The van der Waals surface area contributed by atoms with Gasteiger partial charge in [0, 0.05) is 0 Å². The molecule has 0 spiro atoms. The molecule has 2 saturated carbocycles. The lowest BCUT2D eigenvalue weighted by atomic mass is 9.74. The summed E-state index contributed by atoms with van der Waals surface area (Å²) in [7, 11) is 0. The predicted octanol–water partition coefficient (Wildman–Crippen LogP) is 3.78. The predicted molar refractivity (Wildman–Crippen MR) is 53.0 cm³/mol. The van der Waals surface area contributed by atoms with Gasteiger partial charge in [0.25, 0.3) is 0 Å². The van der Waals surface area contributed by atoms with Gasteiger partial charge in [0.2, 0.25) is 0 Å². The lowest BCUT2D eigenvalue weighted by molar-refractivity contribution is 0.214. The molecular weight excluding hydrogens is 144 g/mol. The first kappa shape index (κ1) is 8.34. The maximum absolute atomic E-state index is 2.45. The molecule has 0 radical (unpaired) electrons. The highest BCUT2D eigenvalue weighted by Crippen LogP contribution is 2.47. The normalized spacial score (nSPS) is 44.8. The van der Waals surface area contributed by atoms with Crippen LogP contribution >= 0.6 is 0 Å². The zero-order valence-corrected chi connectivity index (χ0v) is 8.34. The Labute approximate surface area is 76.1 Å². The minimum atomic E-state index is 0.985. The molecule has 0 aromatic heterocycles. The molecule has 3 unspecified atom stereocenters. The van der Waals surface area contributed by atoms with Crippen LogP contribution in [0.2, 0.25) is 0 Å². The van der Waals surface area contributed by atoms with Gasteiger partial charge in [-0.25, -0.2) is 0 Å². The third-order valence-electron chi connectivity index (χ3n) is 4.04. The van der Waals surface area contributed by atoms with Crippen molar-refractivity contribution in [2.24, 2.45) is 17.8 Å². The summed E-state index contributed by atoms with van der Waals surface area (Å²) in [5, 5.41) is 0. The average molecular weight is 164 g/mol.